The number of rotatable bonds is 2. The number of piperazine rings is 1. The molecule has 1 heterocycles. The minimum atomic E-state index is -0.417. The zero-order chi connectivity index (χ0) is 16.4. The molecule has 0 aliphatic carbocycles. The van der Waals surface area contributed by atoms with Crippen LogP contribution in [-0.2, 0) is 0 Å². The summed E-state index contributed by atoms with van der Waals surface area (Å²) in [6, 6.07) is 12.1. The van der Waals surface area contributed by atoms with Crippen molar-refractivity contribution in [1.29, 1.82) is 0 Å². The van der Waals surface area contributed by atoms with Crippen molar-refractivity contribution >= 4 is 5.91 Å². The van der Waals surface area contributed by atoms with E-state index in [0.29, 0.717) is 25.2 Å². The van der Waals surface area contributed by atoms with Gasteiger partial charge in [0, 0.05) is 25.2 Å². The second kappa shape index (κ2) is 6.46. The van der Waals surface area contributed by atoms with Crippen molar-refractivity contribution in [2.24, 2.45) is 0 Å². The Bertz CT molecular complexity index is 702. The largest absolute Gasteiger partial charge is 0.335 e. The molecule has 0 spiro atoms. The summed E-state index contributed by atoms with van der Waals surface area (Å²) in [5.74, 6) is -0.871. The maximum atomic E-state index is 13.3. The lowest BCUT2D eigenvalue weighted by Gasteiger charge is -2.39. The number of hydrogen-bond donors (Lipinski definition) is 0. The molecule has 3 rings (SSSR count). The summed E-state index contributed by atoms with van der Waals surface area (Å²) in [5, 5.41) is 0. The van der Waals surface area contributed by atoms with Crippen LogP contribution in [0.4, 0.5) is 8.78 Å². The Kier molecular flexibility index (Phi) is 4.39. The van der Waals surface area contributed by atoms with Gasteiger partial charge in [0.2, 0.25) is 0 Å². The van der Waals surface area contributed by atoms with Crippen LogP contribution in [0.3, 0.4) is 0 Å². The van der Waals surface area contributed by atoms with Crippen LogP contribution in [0.5, 0.6) is 0 Å². The molecule has 1 aliphatic rings. The minimum absolute atomic E-state index is 0.00172. The van der Waals surface area contributed by atoms with Crippen LogP contribution in [0.25, 0.3) is 0 Å². The number of halogens is 2. The molecule has 1 fully saturated rings. The highest BCUT2D eigenvalue weighted by atomic mass is 19.1. The van der Waals surface area contributed by atoms with Crippen molar-refractivity contribution in [1.82, 2.24) is 9.80 Å². The van der Waals surface area contributed by atoms with Crippen LogP contribution >= 0.6 is 0 Å². The Balaban J connectivity index is 1.80. The lowest BCUT2D eigenvalue weighted by molar-refractivity contribution is 0.0545. The molecule has 1 unspecified atom stereocenters. The highest BCUT2D eigenvalue weighted by molar-refractivity contribution is 5.94. The molecule has 0 N–H and O–H groups in total. The fraction of sp³-hybridized carbons (Fsp3) is 0.278. The lowest BCUT2D eigenvalue weighted by atomic mass is 10.0. The van der Waals surface area contributed by atoms with Crippen LogP contribution in [0.1, 0.15) is 22.0 Å². The van der Waals surface area contributed by atoms with Gasteiger partial charge in [-0.1, -0.05) is 18.2 Å². The smallest absolute Gasteiger partial charge is 0.254 e. The Labute approximate surface area is 134 Å². The third kappa shape index (κ3) is 3.40. The van der Waals surface area contributed by atoms with Gasteiger partial charge in [-0.2, -0.15) is 0 Å². The van der Waals surface area contributed by atoms with Gasteiger partial charge in [0.05, 0.1) is 6.04 Å². The van der Waals surface area contributed by atoms with Crippen molar-refractivity contribution < 1.29 is 13.6 Å². The number of nitrogens with zero attached hydrogens (tertiary/aromatic N) is 2. The molecule has 3 nitrogen and oxygen atoms in total. The summed E-state index contributed by atoms with van der Waals surface area (Å²) in [6.45, 7) is 1.80. The van der Waals surface area contributed by atoms with Crippen molar-refractivity contribution in [2.75, 3.05) is 26.7 Å². The van der Waals surface area contributed by atoms with Gasteiger partial charge < -0.3 is 4.90 Å². The molecule has 0 aromatic heterocycles. The maximum Gasteiger partial charge on any atom is 0.254 e. The van der Waals surface area contributed by atoms with Crippen LogP contribution < -0.4 is 0 Å². The average molecular weight is 316 g/mol. The SMILES string of the molecule is CN1CCN(C(=O)c2cccc(F)c2)CC1c1ccc(F)cc1. The van der Waals surface area contributed by atoms with E-state index in [2.05, 4.69) is 4.90 Å². The molecule has 5 heteroatoms. The first kappa shape index (κ1) is 15.6. The van der Waals surface area contributed by atoms with Crippen LogP contribution in [-0.4, -0.2) is 42.4 Å². The fourth-order valence-electron chi connectivity index (χ4n) is 2.91. The predicted molar refractivity (Wildman–Crippen MR) is 84.1 cm³/mol. The molecule has 1 atom stereocenters. The van der Waals surface area contributed by atoms with Crippen molar-refractivity contribution in [3.05, 3.63) is 71.3 Å². The quantitative estimate of drug-likeness (QED) is 0.850. The van der Waals surface area contributed by atoms with Crippen molar-refractivity contribution in [3.63, 3.8) is 0 Å². The first-order chi connectivity index (χ1) is 11.0. The average Bonchev–Trinajstić information content (AvgIpc) is 2.55. The van der Waals surface area contributed by atoms with Crippen molar-refractivity contribution in [3.8, 4) is 0 Å². The van der Waals surface area contributed by atoms with E-state index in [0.717, 1.165) is 5.56 Å². The number of carbonyl (C=O) groups is 1. The highest BCUT2D eigenvalue weighted by Crippen LogP contribution is 2.25. The molecule has 120 valence electrons. The number of amides is 1. The van der Waals surface area contributed by atoms with Crippen molar-refractivity contribution in [2.45, 2.75) is 6.04 Å². The third-order valence-electron chi connectivity index (χ3n) is 4.26. The van der Waals surface area contributed by atoms with E-state index in [4.69, 9.17) is 0 Å². The maximum absolute atomic E-state index is 13.3. The van der Waals surface area contributed by atoms with Gasteiger partial charge in [-0.15, -0.1) is 0 Å². The summed E-state index contributed by atoms with van der Waals surface area (Å²) in [6.07, 6.45) is 0. The first-order valence-electron chi connectivity index (χ1n) is 7.55. The Morgan fingerprint density at radius 3 is 2.48 bits per heavy atom. The third-order valence-corrected chi connectivity index (χ3v) is 4.26. The van der Waals surface area contributed by atoms with E-state index in [1.807, 2.05) is 7.05 Å². The van der Waals surface area contributed by atoms with E-state index in [1.165, 1.54) is 30.3 Å². The van der Waals surface area contributed by atoms with Gasteiger partial charge in [-0.25, -0.2) is 8.78 Å². The van der Waals surface area contributed by atoms with E-state index >= 15 is 0 Å². The van der Waals surface area contributed by atoms with E-state index in [-0.39, 0.29) is 17.8 Å². The summed E-state index contributed by atoms with van der Waals surface area (Å²) in [7, 11) is 1.98. The summed E-state index contributed by atoms with van der Waals surface area (Å²) < 4.78 is 26.4. The molecule has 2 aromatic rings. The normalized spacial score (nSPS) is 18.9. The second-order valence-corrected chi connectivity index (χ2v) is 5.81. The second-order valence-electron chi connectivity index (χ2n) is 5.81. The monoisotopic (exact) mass is 316 g/mol. The van der Waals surface area contributed by atoms with Crippen LogP contribution in [0.2, 0.25) is 0 Å². The number of likely N-dealkylation sites (N-methyl/N-ethyl adjacent to an activating group) is 1. The minimum Gasteiger partial charge on any atom is -0.335 e. The Morgan fingerprint density at radius 1 is 1.04 bits per heavy atom. The lowest BCUT2D eigenvalue weighted by Crippen LogP contribution is -2.49. The van der Waals surface area contributed by atoms with Gasteiger partial charge in [0.1, 0.15) is 11.6 Å². The number of hydrogen-bond acceptors (Lipinski definition) is 2. The molecule has 0 radical (unpaired) electrons. The summed E-state index contributed by atoms with van der Waals surface area (Å²) in [4.78, 5) is 16.4. The summed E-state index contributed by atoms with van der Waals surface area (Å²) >= 11 is 0. The standard InChI is InChI=1S/C18H18F2N2O/c1-21-9-10-22(18(23)14-3-2-4-16(20)11-14)12-17(21)13-5-7-15(19)8-6-13/h2-8,11,17H,9-10,12H2,1H3. The number of benzene rings is 2. The molecular formula is C18H18F2N2O. The molecule has 1 amide bonds. The molecular weight excluding hydrogens is 298 g/mol. The highest BCUT2D eigenvalue weighted by Gasteiger charge is 2.29. The topological polar surface area (TPSA) is 23.6 Å². The van der Waals surface area contributed by atoms with E-state index in [1.54, 1.807) is 23.1 Å². The van der Waals surface area contributed by atoms with Crippen LogP contribution in [0.15, 0.2) is 48.5 Å². The Hall–Kier alpha value is -2.27. The molecule has 0 saturated carbocycles. The van der Waals surface area contributed by atoms with Gasteiger partial charge in [-0.3, -0.25) is 9.69 Å². The predicted octanol–water partition coefficient (Wildman–Crippen LogP) is 3.09. The molecule has 0 bridgehead atoms. The van der Waals surface area contributed by atoms with Gasteiger partial charge in [0.25, 0.3) is 5.91 Å². The Morgan fingerprint density at radius 2 is 1.78 bits per heavy atom. The fourth-order valence-corrected chi connectivity index (χ4v) is 2.91. The zero-order valence-electron chi connectivity index (χ0n) is 12.9. The molecule has 2 aromatic carbocycles. The van der Waals surface area contributed by atoms with Crippen LogP contribution in [0, 0.1) is 11.6 Å². The number of carbonyl (C=O) groups excluding carboxylic acids is 1. The molecule has 1 saturated heterocycles. The van der Waals surface area contributed by atoms with E-state index < -0.39 is 5.82 Å². The summed E-state index contributed by atoms with van der Waals surface area (Å²) in [5.41, 5.74) is 1.32. The van der Waals surface area contributed by atoms with Gasteiger partial charge in [0.15, 0.2) is 0 Å². The van der Waals surface area contributed by atoms with Gasteiger partial charge in [-0.05, 0) is 42.9 Å². The first-order valence-corrected chi connectivity index (χ1v) is 7.55. The van der Waals surface area contributed by atoms with Gasteiger partial charge >= 0.3 is 0 Å². The molecule has 1 aliphatic heterocycles. The van der Waals surface area contributed by atoms with E-state index in [9.17, 15) is 13.6 Å². The molecule has 23 heavy (non-hydrogen) atoms. The zero-order valence-corrected chi connectivity index (χ0v) is 12.9.